The summed E-state index contributed by atoms with van der Waals surface area (Å²) in [4.78, 5) is 0. The quantitative estimate of drug-likeness (QED) is 0.158. The monoisotopic (exact) mass is 425 g/mol. The molecule has 1 heterocycles. The van der Waals surface area contributed by atoms with Gasteiger partial charge in [0.1, 0.15) is 18.9 Å². The van der Waals surface area contributed by atoms with Gasteiger partial charge in [-0.2, -0.15) is 0 Å². The molecular formula is C29H49N2+. The van der Waals surface area contributed by atoms with Crippen molar-refractivity contribution >= 4 is 0 Å². The molecule has 1 aromatic heterocycles. The van der Waals surface area contributed by atoms with Crippen LogP contribution in [0.1, 0.15) is 122 Å². The van der Waals surface area contributed by atoms with Crippen molar-refractivity contribution in [1.29, 1.82) is 0 Å². The Kier molecular flexibility index (Phi) is 14.1. The molecule has 2 rings (SSSR count). The molecule has 0 aliphatic rings. The van der Waals surface area contributed by atoms with Crippen molar-refractivity contribution in [3.05, 3.63) is 54.1 Å². The van der Waals surface area contributed by atoms with Gasteiger partial charge in [-0.1, -0.05) is 121 Å². The average molecular weight is 426 g/mol. The van der Waals surface area contributed by atoms with Crippen molar-refractivity contribution in [2.75, 3.05) is 0 Å². The zero-order chi connectivity index (χ0) is 22.0. The number of benzene rings is 1. The molecule has 0 bridgehead atoms. The third-order valence-electron chi connectivity index (χ3n) is 6.54. The van der Waals surface area contributed by atoms with Gasteiger partial charge in [-0.25, -0.2) is 9.13 Å². The number of hydrogen-bond acceptors (Lipinski definition) is 0. The standard InChI is InChI=1S/C29H49N2/c1-3-5-7-9-10-11-12-13-14-19-23-29-30(24-20-15-8-6-4-2)25-26-31(29)27-28-21-17-16-18-22-28/h16-18,21-22,25-26H,3-15,19-20,23-24,27H2,1-2H3/q+1. The van der Waals surface area contributed by atoms with E-state index in [0.717, 1.165) is 6.54 Å². The van der Waals surface area contributed by atoms with Gasteiger partial charge in [0.15, 0.2) is 0 Å². The summed E-state index contributed by atoms with van der Waals surface area (Å²) in [7, 11) is 0. The Hall–Kier alpha value is -1.57. The summed E-state index contributed by atoms with van der Waals surface area (Å²) in [6.45, 7) is 6.77. The molecule has 2 nitrogen and oxygen atoms in total. The van der Waals surface area contributed by atoms with E-state index in [2.05, 4.69) is 65.7 Å². The normalized spacial score (nSPS) is 11.3. The second kappa shape index (κ2) is 17.0. The molecule has 0 radical (unpaired) electrons. The molecule has 0 unspecified atom stereocenters. The molecule has 0 amide bonds. The third-order valence-corrected chi connectivity index (χ3v) is 6.54. The van der Waals surface area contributed by atoms with Gasteiger partial charge < -0.3 is 0 Å². The summed E-state index contributed by atoms with van der Waals surface area (Å²) in [5.74, 6) is 1.53. The van der Waals surface area contributed by atoms with Crippen LogP contribution in [0.4, 0.5) is 0 Å². The molecule has 2 heteroatoms. The fraction of sp³-hybridized carbons (Fsp3) is 0.690. The molecule has 0 atom stereocenters. The minimum atomic E-state index is 0.997. The summed E-state index contributed by atoms with van der Waals surface area (Å²) in [6, 6.07) is 10.9. The molecule has 1 aromatic carbocycles. The van der Waals surface area contributed by atoms with Crippen LogP contribution in [0.2, 0.25) is 0 Å². The number of hydrogen-bond donors (Lipinski definition) is 0. The summed E-state index contributed by atoms with van der Waals surface area (Å²) in [6.07, 6.45) is 26.7. The van der Waals surface area contributed by atoms with Gasteiger partial charge in [0.05, 0.1) is 6.54 Å². The minimum absolute atomic E-state index is 0.997. The van der Waals surface area contributed by atoms with E-state index in [0.29, 0.717) is 0 Å². The predicted molar refractivity (Wildman–Crippen MR) is 134 cm³/mol. The maximum atomic E-state index is 2.54. The summed E-state index contributed by atoms with van der Waals surface area (Å²) < 4.78 is 5.04. The lowest BCUT2D eigenvalue weighted by Gasteiger charge is -2.07. The highest BCUT2D eigenvalue weighted by molar-refractivity contribution is 5.15. The van der Waals surface area contributed by atoms with E-state index in [-0.39, 0.29) is 0 Å². The predicted octanol–water partition coefficient (Wildman–Crippen LogP) is 8.26. The van der Waals surface area contributed by atoms with Crippen LogP contribution in [0.5, 0.6) is 0 Å². The molecule has 0 saturated heterocycles. The van der Waals surface area contributed by atoms with Crippen LogP contribution in [-0.4, -0.2) is 4.57 Å². The smallest absolute Gasteiger partial charge is 0.234 e. The van der Waals surface area contributed by atoms with Gasteiger partial charge >= 0.3 is 0 Å². The number of unbranched alkanes of at least 4 members (excludes halogenated alkanes) is 13. The van der Waals surface area contributed by atoms with Crippen molar-refractivity contribution in [3.8, 4) is 0 Å². The van der Waals surface area contributed by atoms with E-state index in [1.807, 2.05) is 0 Å². The van der Waals surface area contributed by atoms with Crippen molar-refractivity contribution in [3.63, 3.8) is 0 Å². The molecule has 0 fully saturated rings. The van der Waals surface area contributed by atoms with Crippen LogP contribution < -0.4 is 4.57 Å². The fourth-order valence-electron chi connectivity index (χ4n) is 4.57. The first kappa shape index (κ1) is 25.7. The van der Waals surface area contributed by atoms with Gasteiger partial charge in [0.25, 0.3) is 5.82 Å². The lowest BCUT2D eigenvalue weighted by atomic mass is 10.1. The zero-order valence-corrected chi connectivity index (χ0v) is 20.7. The van der Waals surface area contributed by atoms with E-state index in [9.17, 15) is 0 Å². The van der Waals surface area contributed by atoms with Crippen LogP contribution >= 0.6 is 0 Å². The molecule has 0 aliphatic carbocycles. The third kappa shape index (κ3) is 11.0. The van der Waals surface area contributed by atoms with Crippen LogP contribution in [0.15, 0.2) is 42.7 Å². The summed E-state index contributed by atoms with van der Waals surface area (Å²) >= 11 is 0. The van der Waals surface area contributed by atoms with Crippen molar-refractivity contribution in [1.82, 2.24) is 4.57 Å². The highest BCUT2D eigenvalue weighted by Crippen LogP contribution is 2.13. The van der Waals surface area contributed by atoms with Crippen molar-refractivity contribution in [2.24, 2.45) is 0 Å². The molecule has 31 heavy (non-hydrogen) atoms. The van der Waals surface area contributed by atoms with E-state index >= 15 is 0 Å². The number of rotatable bonds is 19. The Bertz CT molecular complexity index is 659. The molecule has 2 aromatic rings. The Morgan fingerprint density at radius 1 is 0.645 bits per heavy atom. The molecule has 0 aliphatic heterocycles. The Balaban J connectivity index is 1.78. The maximum absolute atomic E-state index is 2.54. The molecular weight excluding hydrogens is 376 g/mol. The van der Waals surface area contributed by atoms with E-state index in [1.54, 1.807) is 0 Å². The highest BCUT2D eigenvalue weighted by atomic mass is 15.1. The SMILES string of the molecule is CCCCCCCCCCCCc1n(Cc2ccccc2)cc[n+]1CCCCCCC. The highest BCUT2D eigenvalue weighted by Gasteiger charge is 2.17. The number of imidazole rings is 1. The zero-order valence-electron chi connectivity index (χ0n) is 20.7. The van der Waals surface area contributed by atoms with Crippen LogP contribution in [0.3, 0.4) is 0 Å². The van der Waals surface area contributed by atoms with Gasteiger partial charge in [0.2, 0.25) is 0 Å². The largest absolute Gasteiger partial charge is 0.256 e. The second-order valence-electron chi connectivity index (χ2n) is 9.37. The van der Waals surface area contributed by atoms with E-state index in [4.69, 9.17) is 0 Å². The van der Waals surface area contributed by atoms with E-state index in [1.165, 1.54) is 121 Å². The molecule has 174 valence electrons. The minimum Gasteiger partial charge on any atom is -0.234 e. The van der Waals surface area contributed by atoms with Crippen LogP contribution in [0.25, 0.3) is 0 Å². The topological polar surface area (TPSA) is 8.81 Å². The maximum Gasteiger partial charge on any atom is 0.256 e. The Morgan fingerprint density at radius 3 is 1.81 bits per heavy atom. The van der Waals surface area contributed by atoms with Crippen molar-refractivity contribution in [2.45, 2.75) is 130 Å². The molecule has 0 spiro atoms. The average Bonchev–Trinajstić information content (AvgIpc) is 3.17. The van der Waals surface area contributed by atoms with Crippen LogP contribution in [0, 0.1) is 0 Å². The molecule has 0 N–H and O–H groups in total. The molecule has 0 saturated carbocycles. The van der Waals surface area contributed by atoms with Crippen molar-refractivity contribution < 1.29 is 4.57 Å². The first-order chi connectivity index (χ1) is 15.3. The van der Waals surface area contributed by atoms with E-state index < -0.39 is 0 Å². The summed E-state index contributed by atoms with van der Waals surface area (Å²) in [5, 5.41) is 0. The van der Waals surface area contributed by atoms with Gasteiger partial charge in [0, 0.05) is 6.42 Å². The number of nitrogens with zero attached hydrogens (tertiary/aromatic N) is 2. The van der Waals surface area contributed by atoms with Gasteiger partial charge in [-0.3, -0.25) is 0 Å². The fourth-order valence-corrected chi connectivity index (χ4v) is 4.57. The van der Waals surface area contributed by atoms with Gasteiger partial charge in [-0.05, 0) is 24.8 Å². The van der Waals surface area contributed by atoms with Gasteiger partial charge in [-0.15, -0.1) is 0 Å². The Labute approximate surface area is 193 Å². The summed E-state index contributed by atoms with van der Waals surface area (Å²) in [5.41, 5.74) is 1.40. The number of aryl methyl sites for hydroxylation is 1. The lowest BCUT2D eigenvalue weighted by molar-refractivity contribution is -0.704. The van der Waals surface area contributed by atoms with Crippen LogP contribution in [-0.2, 0) is 19.5 Å². The second-order valence-corrected chi connectivity index (χ2v) is 9.37. The lowest BCUT2D eigenvalue weighted by Crippen LogP contribution is -2.37. The first-order valence-corrected chi connectivity index (χ1v) is 13.5. The Morgan fingerprint density at radius 2 is 1.19 bits per heavy atom. The first-order valence-electron chi connectivity index (χ1n) is 13.5. The number of aromatic nitrogens is 2.